The lowest BCUT2D eigenvalue weighted by atomic mass is 9.60. The van der Waals surface area contributed by atoms with Gasteiger partial charge in [-0.05, 0) is 50.5 Å². The van der Waals surface area contributed by atoms with Gasteiger partial charge in [-0.1, -0.05) is 11.6 Å². The van der Waals surface area contributed by atoms with Gasteiger partial charge in [0.05, 0.1) is 16.6 Å². The predicted octanol–water partition coefficient (Wildman–Crippen LogP) is 4.01. The quantitative estimate of drug-likeness (QED) is 0.669. The van der Waals surface area contributed by atoms with Crippen molar-refractivity contribution in [3.8, 4) is 11.5 Å². The molecule has 0 amide bonds. The molecule has 3 aliphatic rings. The number of aromatic amines is 1. The van der Waals surface area contributed by atoms with Gasteiger partial charge in [-0.2, -0.15) is 5.10 Å². The number of Topliss-reactive ketones (excluding diaryl/α,β-unsaturated/α-hetero) is 1. The van der Waals surface area contributed by atoms with Gasteiger partial charge in [0.2, 0.25) is 0 Å². The molecule has 3 saturated carbocycles. The van der Waals surface area contributed by atoms with Crippen molar-refractivity contribution in [2.45, 2.75) is 38.6 Å². The van der Waals surface area contributed by atoms with E-state index in [0.717, 1.165) is 31.9 Å². The number of carbonyl (C=O) groups excluding carboxylic acids is 1. The Labute approximate surface area is 171 Å². The van der Waals surface area contributed by atoms with Crippen molar-refractivity contribution in [2.24, 2.45) is 17.8 Å². The molecule has 2 bridgehead atoms. The minimum absolute atomic E-state index is 0.101. The molecule has 150 valence electrons. The van der Waals surface area contributed by atoms with E-state index >= 15 is 0 Å². The van der Waals surface area contributed by atoms with Crippen molar-refractivity contribution in [3.05, 3.63) is 29.3 Å². The summed E-state index contributed by atoms with van der Waals surface area (Å²) in [6.07, 6.45) is 6.89. The fourth-order valence-corrected chi connectivity index (χ4v) is 5.19. The number of rotatable bonds is 4. The molecular formula is C20H20ClFN6O. The molecule has 6 rings (SSSR count). The summed E-state index contributed by atoms with van der Waals surface area (Å²) in [5, 5.41) is 11.4. The first-order valence-electron chi connectivity index (χ1n) is 9.81. The van der Waals surface area contributed by atoms with Crippen LogP contribution in [-0.4, -0.2) is 37.0 Å². The summed E-state index contributed by atoms with van der Waals surface area (Å²) >= 11 is 6.05. The van der Waals surface area contributed by atoms with E-state index < -0.39 is 5.82 Å². The monoisotopic (exact) mass is 414 g/mol. The predicted molar refractivity (Wildman–Crippen MR) is 107 cm³/mol. The summed E-state index contributed by atoms with van der Waals surface area (Å²) in [7, 11) is 0. The van der Waals surface area contributed by atoms with Crippen LogP contribution < -0.4 is 5.32 Å². The summed E-state index contributed by atoms with van der Waals surface area (Å²) in [6.45, 7) is 1.63. The Morgan fingerprint density at radius 3 is 2.72 bits per heavy atom. The van der Waals surface area contributed by atoms with Gasteiger partial charge < -0.3 is 5.32 Å². The van der Waals surface area contributed by atoms with E-state index in [1.807, 2.05) is 0 Å². The molecule has 2 unspecified atom stereocenters. The second kappa shape index (κ2) is 7.02. The summed E-state index contributed by atoms with van der Waals surface area (Å²) < 4.78 is 14.6. The van der Waals surface area contributed by atoms with E-state index in [-0.39, 0.29) is 23.6 Å². The highest BCUT2D eigenvalue weighted by atomic mass is 35.5. The Morgan fingerprint density at radius 2 is 1.97 bits per heavy atom. The molecule has 7 nitrogen and oxygen atoms in total. The Bertz CT molecular complexity index is 1090. The van der Waals surface area contributed by atoms with Crippen LogP contribution in [0, 0.1) is 23.6 Å². The number of hydrogen-bond acceptors (Lipinski definition) is 6. The number of fused-ring (bicyclic) bond motifs is 4. The lowest BCUT2D eigenvalue weighted by Crippen LogP contribution is -2.51. The SMILES string of the molecule is CC(=O)C1C2CCC(CC2)C1Nc1nc(-c2[nH]nc3ncc(Cl)cc23)ncc1F. The van der Waals surface area contributed by atoms with Gasteiger partial charge in [-0.25, -0.2) is 19.3 Å². The number of aromatic nitrogens is 5. The zero-order valence-electron chi connectivity index (χ0n) is 15.8. The standard InChI is InChI=1S/C20H20ClFN6O/c1-9(29)15-10-2-4-11(5-3-10)16(15)25-19-14(22)8-24-20(26-19)17-13-6-12(21)7-23-18(13)28-27-17/h6-8,10-11,15-16H,2-5H2,1H3,(H,23,27,28)(H,24,25,26). The molecule has 0 aliphatic heterocycles. The van der Waals surface area contributed by atoms with Crippen LogP contribution in [0.5, 0.6) is 0 Å². The minimum atomic E-state index is -0.544. The lowest BCUT2D eigenvalue weighted by Gasteiger charge is -2.48. The molecule has 0 aromatic carbocycles. The summed E-state index contributed by atoms with van der Waals surface area (Å²) in [5.74, 6) is 0.629. The molecular weight excluding hydrogens is 395 g/mol. The number of nitrogens with zero attached hydrogens (tertiary/aromatic N) is 4. The Hall–Kier alpha value is -2.61. The molecule has 0 radical (unpaired) electrons. The van der Waals surface area contributed by atoms with Crippen molar-refractivity contribution in [2.75, 3.05) is 5.32 Å². The van der Waals surface area contributed by atoms with Crippen LogP contribution in [0.2, 0.25) is 5.02 Å². The van der Waals surface area contributed by atoms with Gasteiger partial charge in [0.1, 0.15) is 11.5 Å². The second-order valence-electron chi connectivity index (χ2n) is 7.99. The molecule has 3 fully saturated rings. The van der Waals surface area contributed by atoms with Gasteiger partial charge in [0.25, 0.3) is 0 Å². The van der Waals surface area contributed by atoms with Crippen molar-refractivity contribution in [3.63, 3.8) is 0 Å². The van der Waals surface area contributed by atoms with E-state index in [9.17, 15) is 9.18 Å². The van der Waals surface area contributed by atoms with Crippen LogP contribution in [0.3, 0.4) is 0 Å². The number of nitrogens with one attached hydrogen (secondary N) is 2. The number of ketones is 1. The second-order valence-corrected chi connectivity index (χ2v) is 8.43. The van der Waals surface area contributed by atoms with Crippen molar-refractivity contribution in [1.29, 1.82) is 0 Å². The number of H-pyrrole nitrogens is 1. The van der Waals surface area contributed by atoms with Crippen LogP contribution in [-0.2, 0) is 4.79 Å². The lowest BCUT2D eigenvalue weighted by molar-refractivity contribution is -0.126. The number of anilines is 1. The van der Waals surface area contributed by atoms with Crippen LogP contribution in [0.4, 0.5) is 10.2 Å². The molecule has 0 spiro atoms. The average Bonchev–Trinajstić information content (AvgIpc) is 3.13. The molecule has 3 aliphatic carbocycles. The zero-order valence-corrected chi connectivity index (χ0v) is 16.6. The third-order valence-corrected chi connectivity index (χ3v) is 6.54. The van der Waals surface area contributed by atoms with Crippen LogP contribution in [0.25, 0.3) is 22.6 Å². The van der Waals surface area contributed by atoms with Gasteiger partial charge in [-0.15, -0.1) is 0 Å². The fraction of sp³-hybridized carbons (Fsp3) is 0.450. The molecule has 3 aromatic rings. The summed E-state index contributed by atoms with van der Waals surface area (Å²) in [6, 6.07) is 1.61. The Balaban J connectivity index is 1.51. The molecule has 2 atom stereocenters. The number of hydrogen-bond donors (Lipinski definition) is 2. The van der Waals surface area contributed by atoms with Crippen LogP contribution >= 0.6 is 11.6 Å². The van der Waals surface area contributed by atoms with Crippen molar-refractivity contribution < 1.29 is 9.18 Å². The largest absolute Gasteiger partial charge is 0.364 e. The fourth-order valence-electron chi connectivity index (χ4n) is 5.03. The smallest absolute Gasteiger partial charge is 0.183 e. The third-order valence-electron chi connectivity index (χ3n) is 6.34. The summed E-state index contributed by atoms with van der Waals surface area (Å²) in [5.41, 5.74) is 0.999. The molecule has 3 aromatic heterocycles. The van der Waals surface area contributed by atoms with E-state index in [2.05, 4.69) is 30.5 Å². The molecule has 29 heavy (non-hydrogen) atoms. The van der Waals surface area contributed by atoms with Crippen LogP contribution in [0.15, 0.2) is 18.5 Å². The van der Waals surface area contributed by atoms with Gasteiger partial charge in [0, 0.05) is 18.2 Å². The highest BCUT2D eigenvalue weighted by Gasteiger charge is 2.46. The van der Waals surface area contributed by atoms with E-state index in [0.29, 0.717) is 39.4 Å². The van der Waals surface area contributed by atoms with Gasteiger partial charge >= 0.3 is 0 Å². The van der Waals surface area contributed by atoms with Gasteiger partial charge in [0.15, 0.2) is 23.1 Å². The maximum absolute atomic E-state index is 14.6. The molecule has 2 N–H and O–H groups in total. The minimum Gasteiger partial charge on any atom is -0.364 e. The number of halogens is 2. The maximum atomic E-state index is 14.6. The normalized spacial score (nSPS) is 26.0. The van der Waals surface area contributed by atoms with Crippen molar-refractivity contribution >= 4 is 34.2 Å². The average molecular weight is 415 g/mol. The van der Waals surface area contributed by atoms with Crippen molar-refractivity contribution in [1.82, 2.24) is 25.1 Å². The highest BCUT2D eigenvalue weighted by Crippen LogP contribution is 2.46. The van der Waals surface area contributed by atoms with E-state index in [1.165, 1.54) is 6.20 Å². The molecule has 0 saturated heterocycles. The Morgan fingerprint density at radius 1 is 1.21 bits per heavy atom. The molecule has 9 heteroatoms. The zero-order chi connectivity index (χ0) is 20.1. The van der Waals surface area contributed by atoms with Gasteiger partial charge in [-0.3, -0.25) is 9.89 Å². The van der Waals surface area contributed by atoms with Crippen LogP contribution in [0.1, 0.15) is 32.6 Å². The Kier molecular flexibility index (Phi) is 4.46. The third kappa shape index (κ3) is 3.15. The van der Waals surface area contributed by atoms with E-state index in [1.54, 1.807) is 13.0 Å². The first kappa shape index (κ1) is 18.4. The highest BCUT2D eigenvalue weighted by molar-refractivity contribution is 6.31. The first-order valence-corrected chi connectivity index (χ1v) is 10.2. The van der Waals surface area contributed by atoms with E-state index in [4.69, 9.17) is 11.6 Å². The number of carbonyl (C=O) groups is 1. The number of pyridine rings is 1. The molecule has 3 heterocycles. The topological polar surface area (TPSA) is 96.5 Å². The summed E-state index contributed by atoms with van der Waals surface area (Å²) in [4.78, 5) is 25.0. The first-order chi connectivity index (χ1) is 14.0. The maximum Gasteiger partial charge on any atom is 0.183 e.